The molecule has 1 aliphatic heterocycles. The van der Waals surface area contributed by atoms with E-state index in [0.29, 0.717) is 0 Å². The Bertz CT molecular complexity index is 345. The van der Waals surface area contributed by atoms with Crippen LogP contribution >= 0.6 is 0 Å². The van der Waals surface area contributed by atoms with Gasteiger partial charge < -0.3 is 5.32 Å². The molecule has 2 fully saturated rings. The number of benzene rings is 1. The molecule has 2 aliphatic rings. The van der Waals surface area contributed by atoms with Gasteiger partial charge in [-0.05, 0) is 37.8 Å². The molecule has 0 aromatic heterocycles. The highest BCUT2D eigenvalue weighted by Gasteiger charge is 2.27. The van der Waals surface area contributed by atoms with Gasteiger partial charge in [0.05, 0.1) is 0 Å². The monoisotopic (exact) mass is 230 g/mol. The first-order chi connectivity index (χ1) is 8.42. The highest BCUT2D eigenvalue weighted by Crippen LogP contribution is 2.22. The predicted molar refractivity (Wildman–Crippen MR) is 70.9 cm³/mol. The van der Waals surface area contributed by atoms with Crippen LogP contribution in [-0.4, -0.2) is 30.1 Å². The topological polar surface area (TPSA) is 15.3 Å². The van der Waals surface area contributed by atoms with Crippen LogP contribution in [0.2, 0.25) is 0 Å². The summed E-state index contributed by atoms with van der Waals surface area (Å²) < 4.78 is 0. The average molecular weight is 230 g/mol. The van der Waals surface area contributed by atoms with Crippen molar-refractivity contribution in [2.24, 2.45) is 0 Å². The maximum Gasteiger partial charge on any atom is 0.0237 e. The Morgan fingerprint density at radius 2 is 1.94 bits per heavy atom. The Kier molecular flexibility index (Phi) is 3.44. The van der Waals surface area contributed by atoms with Gasteiger partial charge in [-0.2, -0.15) is 0 Å². The molecule has 17 heavy (non-hydrogen) atoms. The second-order valence-electron chi connectivity index (χ2n) is 5.43. The molecule has 1 N–H and O–H groups in total. The lowest BCUT2D eigenvalue weighted by molar-refractivity contribution is 0.239. The minimum atomic E-state index is 0.760. The summed E-state index contributed by atoms with van der Waals surface area (Å²) in [5.41, 5.74) is 1.45. The van der Waals surface area contributed by atoms with Gasteiger partial charge in [-0.3, -0.25) is 4.90 Å². The molecule has 0 unspecified atom stereocenters. The molecular weight excluding hydrogens is 208 g/mol. The smallest absolute Gasteiger partial charge is 0.0237 e. The summed E-state index contributed by atoms with van der Waals surface area (Å²) in [4.78, 5) is 2.64. The van der Waals surface area contributed by atoms with E-state index in [1.807, 2.05) is 0 Å². The Hall–Kier alpha value is -0.860. The van der Waals surface area contributed by atoms with E-state index in [1.54, 1.807) is 0 Å². The van der Waals surface area contributed by atoms with E-state index in [4.69, 9.17) is 0 Å². The Morgan fingerprint density at radius 3 is 2.71 bits per heavy atom. The number of hydrogen-bond donors (Lipinski definition) is 1. The summed E-state index contributed by atoms with van der Waals surface area (Å²) in [5, 5.41) is 3.67. The number of likely N-dealkylation sites (tertiary alicyclic amines) is 1. The maximum atomic E-state index is 3.67. The molecule has 0 spiro atoms. The zero-order valence-corrected chi connectivity index (χ0v) is 10.4. The molecule has 1 aliphatic carbocycles. The molecule has 1 aromatic rings. The first kappa shape index (κ1) is 11.2. The lowest BCUT2D eigenvalue weighted by atomic mass is 10.2. The maximum absolute atomic E-state index is 3.67. The molecule has 92 valence electrons. The third kappa shape index (κ3) is 3.08. The van der Waals surface area contributed by atoms with E-state index < -0.39 is 0 Å². The van der Waals surface area contributed by atoms with Crippen LogP contribution < -0.4 is 5.32 Å². The molecule has 0 bridgehead atoms. The summed E-state index contributed by atoms with van der Waals surface area (Å²) in [6.07, 6.45) is 5.52. The van der Waals surface area contributed by atoms with Crippen molar-refractivity contribution < 1.29 is 0 Å². The van der Waals surface area contributed by atoms with Crippen LogP contribution in [0.3, 0.4) is 0 Å². The molecule has 0 radical (unpaired) electrons. The lowest BCUT2D eigenvalue weighted by Crippen LogP contribution is -2.38. The molecule has 1 atom stereocenters. The van der Waals surface area contributed by atoms with Gasteiger partial charge in [0.1, 0.15) is 0 Å². The fourth-order valence-corrected chi connectivity index (χ4v) is 2.74. The largest absolute Gasteiger partial charge is 0.312 e. The average Bonchev–Trinajstić information content (AvgIpc) is 3.09. The summed E-state index contributed by atoms with van der Waals surface area (Å²) in [7, 11) is 0. The van der Waals surface area contributed by atoms with Gasteiger partial charge in [0, 0.05) is 25.2 Å². The normalized spacial score (nSPS) is 25.3. The van der Waals surface area contributed by atoms with Crippen LogP contribution in [-0.2, 0) is 6.54 Å². The molecule has 2 nitrogen and oxygen atoms in total. The zero-order valence-electron chi connectivity index (χ0n) is 10.4. The molecular formula is C15H22N2. The molecule has 0 amide bonds. The fourth-order valence-electron chi connectivity index (χ4n) is 2.74. The van der Waals surface area contributed by atoms with Crippen molar-refractivity contribution in [3.8, 4) is 0 Å². The summed E-state index contributed by atoms with van der Waals surface area (Å²) in [5.74, 6) is 0. The lowest BCUT2D eigenvalue weighted by Gasteiger charge is -2.24. The minimum Gasteiger partial charge on any atom is -0.312 e. The van der Waals surface area contributed by atoms with Crippen LogP contribution in [0.1, 0.15) is 31.2 Å². The van der Waals surface area contributed by atoms with E-state index in [2.05, 4.69) is 40.5 Å². The van der Waals surface area contributed by atoms with Crippen LogP contribution in [0.5, 0.6) is 0 Å². The highest BCUT2D eigenvalue weighted by molar-refractivity contribution is 5.14. The van der Waals surface area contributed by atoms with Crippen molar-refractivity contribution in [2.45, 2.75) is 44.3 Å². The summed E-state index contributed by atoms with van der Waals surface area (Å²) >= 11 is 0. The van der Waals surface area contributed by atoms with Crippen molar-refractivity contribution in [3.63, 3.8) is 0 Å². The van der Waals surface area contributed by atoms with Gasteiger partial charge in [-0.15, -0.1) is 0 Å². The summed E-state index contributed by atoms with van der Waals surface area (Å²) in [6.45, 7) is 3.58. The third-order valence-corrected chi connectivity index (χ3v) is 3.95. The number of nitrogens with one attached hydrogen (secondary N) is 1. The third-order valence-electron chi connectivity index (χ3n) is 3.95. The van der Waals surface area contributed by atoms with Gasteiger partial charge in [0.25, 0.3) is 0 Å². The van der Waals surface area contributed by atoms with Crippen molar-refractivity contribution in [2.75, 3.05) is 13.1 Å². The van der Waals surface area contributed by atoms with Crippen LogP contribution in [0, 0.1) is 0 Å². The zero-order chi connectivity index (χ0) is 11.5. The highest BCUT2D eigenvalue weighted by atomic mass is 15.2. The quantitative estimate of drug-likeness (QED) is 0.835. The Balaban J connectivity index is 1.53. The van der Waals surface area contributed by atoms with Crippen molar-refractivity contribution >= 4 is 0 Å². The van der Waals surface area contributed by atoms with E-state index in [-0.39, 0.29) is 0 Å². The second-order valence-corrected chi connectivity index (χ2v) is 5.43. The van der Waals surface area contributed by atoms with E-state index in [9.17, 15) is 0 Å². The number of nitrogens with zero attached hydrogens (tertiary/aromatic N) is 1. The van der Waals surface area contributed by atoms with E-state index in [1.165, 1.54) is 44.3 Å². The molecule has 1 heterocycles. The second kappa shape index (κ2) is 5.19. The van der Waals surface area contributed by atoms with Gasteiger partial charge in [0.15, 0.2) is 0 Å². The van der Waals surface area contributed by atoms with E-state index in [0.717, 1.165) is 18.6 Å². The number of rotatable bonds is 5. The van der Waals surface area contributed by atoms with Crippen molar-refractivity contribution in [3.05, 3.63) is 35.9 Å². The summed E-state index contributed by atoms with van der Waals surface area (Å²) in [6, 6.07) is 12.5. The van der Waals surface area contributed by atoms with Gasteiger partial charge in [0.2, 0.25) is 0 Å². The van der Waals surface area contributed by atoms with Crippen molar-refractivity contribution in [1.29, 1.82) is 0 Å². The van der Waals surface area contributed by atoms with Crippen molar-refractivity contribution in [1.82, 2.24) is 10.2 Å². The Labute approximate surface area is 104 Å². The van der Waals surface area contributed by atoms with E-state index >= 15 is 0 Å². The van der Waals surface area contributed by atoms with Crippen LogP contribution in [0.15, 0.2) is 30.3 Å². The van der Waals surface area contributed by atoms with Gasteiger partial charge in [-0.1, -0.05) is 30.3 Å². The SMILES string of the molecule is c1ccc(CN2CCC[C@H]2CNC2CC2)cc1. The Morgan fingerprint density at radius 1 is 1.12 bits per heavy atom. The molecule has 3 rings (SSSR count). The predicted octanol–water partition coefficient (Wildman–Crippen LogP) is 2.40. The van der Waals surface area contributed by atoms with Crippen LogP contribution in [0.25, 0.3) is 0 Å². The minimum absolute atomic E-state index is 0.760. The molecule has 1 saturated heterocycles. The molecule has 2 heteroatoms. The number of hydrogen-bond acceptors (Lipinski definition) is 2. The standard InChI is InChI=1S/C15H22N2/c1-2-5-13(6-3-1)12-17-10-4-7-15(17)11-16-14-8-9-14/h1-3,5-6,14-16H,4,7-12H2/t15-/m0/s1. The molecule has 1 aromatic carbocycles. The first-order valence-electron chi connectivity index (χ1n) is 6.93. The van der Waals surface area contributed by atoms with Gasteiger partial charge >= 0.3 is 0 Å². The fraction of sp³-hybridized carbons (Fsp3) is 0.600. The first-order valence-corrected chi connectivity index (χ1v) is 6.93. The van der Waals surface area contributed by atoms with Gasteiger partial charge in [-0.25, -0.2) is 0 Å². The molecule has 1 saturated carbocycles. The van der Waals surface area contributed by atoms with Crippen LogP contribution in [0.4, 0.5) is 0 Å².